The van der Waals surface area contributed by atoms with Crippen LogP contribution in [-0.2, 0) is 14.8 Å². The van der Waals surface area contributed by atoms with Crippen LogP contribution < -0.4 is 4.74 Å². The van der Waals surface area contributed by atoms with E-state index in [9.17, 15) is 13.2 Å². The summed E-state index contributed by atoms with van der Waals surface area (Å²) in [7, 11) is -2.04. The minimum absolute atomic E-state index is 0.177. The lowest BCUT2D eigenvalue weighted by molar-refractivity contribution is -0.143. The molecule has 1 aromatic carbocycles. The van der Waals surface area contributed by atoms with Crippen molar-refractivity contribution in [2.75, 3.05) is 26.7 Å². The van der Waals surface area contributed by atoms with Crippen molar-refractivity contribution in [1.82, 2.24) is 9.21 Å². The molecule has 1 amide bonds. The number of carbonyl (C=O) groups excluding carboxylic acids is 1. The minimum Gasteiger partial charge on any atom is -0.497 e. The summed E-state index contributed by atoms with van der Waals surface area (Å²) >= 11 is 0. The molecule has 1 aromatic rings. The van der Waals surface area contributed by atoms with E-state index >= 15 is 0 Å². The van der Waals surface area contributed by atoms with Gasteiger partial charge in [-0.2, -0.15) is 4.31 Å². The molecule has 0 N–H and O–H groups in total. The van der Waals surface area contributed by atoms with Crippen LogP contribution in [0.25, 0.3) is 0 Å². The number of carbonyl (C=O) groups is 1. The quantitative estimate of drug-likeness (QED) is 0.750. The molecule has 2 saturated heterocycles. The van der Waals surface area contributed by atoms with Gasteiger partial charge >= 0.3 is 0 Å². The third-order valence-electron chi connectivity index (χ3n) is 6.96. The first-order valence-electron chi connectivity index (χ1n) is 11.0. The first kappa shape index (κ1) is 20.7. The number of likely N-dealkylation sites (tertiary alicyclic amines) is 1. The minimum atomic E-state index is -3.60. The summed E-state index contributed by atoms with van der Waals surface area (Å²) in [6.45, 7) is 1.60. The molecule has 7 heteroatoms. The number of hydrogen-bond donors (Lipinski definition) is 0. The van der Waals surface area contributed by atoms with Crippen molar-refractivity contribution in [2.45, 2.75) is 62.3 Å². The summed E-state index contributed by atoms with van der Waals surface area (Å²) in [5.41, 5.74) is 0. The summed E-state index contributed by atoms with van der Waals surface area (Å²) in [5, 5.41) is 0. The second-order valence-corrected chi connectivity index (χ2v) is 10.6. The van der Waals surface area contributed by atoms with Gasteiger partial charge in [0.15, 0.2) is 0 Å². The summed E-state index contributed by atoms with van der Waals surface area (Å²) in [6, 6.07) is 6.86. The Balaban J connectivity index is 1.47. The number of ether oxygens (including phenoxy) is 1. The number of hydrogen-bond acceptors (Lipinski definition) is 4. The highest BCUT2D eigenvalue weighted by molar-refractivity contribution is 7.89. The fourth-order valence-corrected chi connectivity index (χ4v) is 6.92. The van der Waals surface area contributed by atoms with Crippen LogP contribution in [0.5, 0.6) is 5.75 Å². The highest BCUT2D eigenvalue weighted by atomic mass is 32.2. The largest absolute Gasteiger partial charge is 0.497 e. The molecule has 0 aromatic heterocycles. The first-order valence-corrected chi connectivity index (χ1v) is 12.4. The zero-order valence-electron chi connectivity index (χ0n) is 17.3. The maximum atomic E-state index is 13.4. The second-order valence-electron chi connectivity index (χ2n) is 8.66. The van der Waals surface area contributed by atoms with Crippen LogP contribution in [-0.4, -0.2) is 56.3 Å². The van der Waals surface area contributed by atoms with E-state index in [1.54, 1.807) is 31.4 Å². The number of fused-ring (bicyclic) bond motifs is 1. The van der Waals surface area contributed by atoms with Crippen molar-refractivity contribution in [3.05, 3.63) is 24.3 Å². The lowest BCUT2D eigenvalue weighted by Crippen LogP contribution is -2.54. The molecular formula is C22H32N2O4S. The van der Waals surface area contributed by atoms with Gasteiger partial charge in [0.2, 0.25) is 15.9 Å². The lowest BCUT2D eigenvalue weighted by atomic mass is 9.77. The Labute approximate surface area is 174 Å². The van der Waals surface area contributed by atoms with Crippen LogP contribution in [0.2, 0.25) is 0 Å². The predicted octanol–water partition coefficient (Wildman–Crippen LogP) is 3.28. The number of nitrogens with zero attached hydrogens (tertiary/aromatic N) is 2. The molecule has 0 spiro atoms. The molecule has 160 valence electrons. The van der Waals surface area contributed by atoms with Gasteiger partial charge in [0, 0.05) is 25.7 Å². The van der Waals surface area contributed by atoms with E-state index in [2.05, 4.69) is 4.90 Å². The Kier molecular flexibility index (Phi) is 6.16. The standard InChI is InChI=1S/C22H32N2O4S/c1-28-19-10-12-20(13-11-19)29(26,27)23-14-4-8-18(16-23)22(25)24-15-5-7-17-6-2-3-9-21(17)24/h10-13,17-18,21H,2-9,14-16H2,1H3/t17-,18+,21+/m1/s1. The molecule has 2 heterocycles. The molecule has 3 fully saturated rings. The number of piperidine rings is 2. The topological polar surface area (TPSA) is 66.9 Å². The zero-order chi connectivity index (χ0) is 20.4. The number of methoxy groups -OCH3 is 1. The SMILES string of the molecule is COc1ccc(S(=O)(=O)N2CCC[C@H](C(=O)N3CCC[C@H]4CCCC[C@@H]43)C2)cc1. The Morgan fingerprint density at radius 2 is 1.66 bits per heavy atom. The van der Waals surface area contributed by atoms with E-state index in [0.717, 1.165) is 32.2 Å². The van der Waals surface area contributed by atoms with Gasteiger partial charge in [-0.25, -0.2) is 8.42 Å². The van der Waals surface area contributed by atoms with Crippen LogP contribution >= 0.6 is 0 Å². The predicted molar refractivity (Wildman–Crippen MR) is 111 cm³/mol. The normalized spacial score (nSPS) is 28.6. The van der Waals surface area contributed by atoms with Crippen molar-refractivity contribution in [2.24, 2.45) is 11.8 Å². The van der Waals surface area contributed by atoms with E-state index in [4.69, 9.17) is 4.74 Å². The molecule has 6 nitrogen and oxygen atoms in total. The molecule has 1 saturated carbocycles. The monoisotopic (exact) mass is 420 g/mol. The van der Waals surface area contributed by atoms with Gasteiger partial charge in [-0.15, -0.1) is 0 Å². The summed E-state index contributed by atoms with van der Waals surface area (Å²) in [4.78, 5) is 15.8. The Bertz CT molecular complexity index is 822. The van der Waals surface area contributed by atoms with Gasteiger partial charge in [0.05, 0.1) is 17.9 Å². The van der Waals surface area contributed by atoms with E-state index in [0.29, 0.717) is 30.8 Å². The second kappa shape index (κ2) is 8.64. The van der Waals surface area contributed by atoms with E-state index in [1.165, 1.54) is 30.0 Å². The average Bonchev–Trinajstić information content (AvgIpc) is 2.78. The average molecular weight is 421 g/mol. The Morgan fingerprint density at radius 1 is 0.966 bits per heavy atom. The van der Waals surface area contributed by atoms with Gasteiger partial charge < -0.3 is 9.64 Å². The molecule has 0 radical (unpaired) electrons. The first-order chi connectivity index (χ1) is 14.0. The molecule has 3 aliphatic rings. The van der Waals surface area contributed by atoms with Gasteiger partial charge in [0.25, 0.3) is 0 Å². The van der Waals surface area contributed by atoms with Gasteiger partial charge in [0.1, 0.15) is 5.75 Å². The number of rotatable bonds is 4. The molecule has 2 aliphatic heterocycles. The van der Waals surface area contributed by atoms with Crippen LogP contribution in [0.15, 0.2) is 29.2 Å². The summed E-state index contributed by atoms with van der Waals surface area (Å²) in [6.07, 6.45) is 8.64. The van der Waals surface area contributed by atoms with Crippen LogP contribution in [0, 0.1) is 11.8 Å². The van der Waals surface area contributed by atoms with Crippen molar-refractivity contribution < 1.29 is 17.9 Å². The molecular weight excluding hydrogens is 388 g/mol. The molecule has 1 aliphatic carbocycles. The smallest absolute Gasteiger partial charge is 0.243 e. The van der Waals surface area contributed by atoms with E-state index < -0.39 is 10.0 Å². The molecule has 4 rings (SSSR count). The molecule has 0 bridgehead atoms. The third kappa shape index (κ3) is 4.17. The van der Waals surface area contributed by atoms with Gasteiger partial charge in [-0.3, -0.25) is 4.79 Å². The zero-order valence-corrected chi connectivity index (χ0v) is 18.1. The molecule has 0 unspecified atom stereocenters. The third-order valence-corrected chi connectivity index (χ3v) is 8.84. The fourth-order valence-electron chi connectivity index (χ4n) is 5.39. The summed E-state index contributed by atoms with van der Waals surface area (Å²) in [5.74, 6) is 1.22. The van der Waals surface area contributed by atoms with E-state index in [1.807, 2.05) is 0 Å². The number of sulfonamides is 1. The fraction of sp³-hybridized carbons (Fsp3) is 0.682. The highest BCUT2D eigenvalue weighted by Crippen LogP contribution is 2.37. The van der Waals surface area contributed by atoms with Crippen molar-refractivity contribution in [1.29, 1.82) is 0 Å². The Hall–Kier alpha value is -1.60. The molecule has 3 atom stereocenters. The molecule has 29 heavy (non-hydrogen) atoms. The summed E-state index contributed by atoms with van der Waals surface area (Å²) < 4.78 is 32.9. The number of amides is 1. The van der Waals surface area contributed by atoms with E-state index in [-0.39, 0.29) is 16.7 Å². The van der Waals surface area contributed by atoms with Crippen LogP contribution in [0.4, 0.5) is 0 Å². The number of benzene rings is 1. The lowest BCUT2D eigenvalue weighted by Gasteiger charge is -2.46. The van der Waals surface area contributed by atoms with Crippen molar-refractivity contribution in [3.63, 3.8) is 0 Å². The van der Waals surface area contributed by atoms with Gasteiger partial charge in [-0.1, -0.05) is 12.8 Å². The highest BCUT2D eigenvalue weighted by Gasteiger charge is 2.40. The van der Waals surface area contributed by atoms with Crippen molar-refractivity contribution in [3.8, 4) is 5.75 Å². The maximum Gasteiger partial charge on any atom is 0.243 e. The Morgan fingerprint density at radius 3 is 2.41 bits per heavy atom. The van der Waals surface area contributed by atoms with Gasteiger partial charge in [-0.05, 0) is 68.7 Å². The maximum absolute atomic E-state index is 13.4. The van der Waals surface area contributed by atoms with Crippen LogP contribution in [0.3, 0.4) is 0 Å². The van der Waals surface area contributed by atoms with Crippen LogP contribution in [0.1, 0.15) is 51.4 Å². The van der Waals surface area contributed by atoms with Crippen molar-refractivity contribution >= 4 is 15.9 Å².